The van der Waals surface area contributed by atoms with Crippen LogP contribution < -0.4 is 10.2 Å². The second kappa shape index (κ2) is 10.3. The molecule has 0 unspecified atom stereocenters. The van der Waals surface area contributed by atoms with Gasteiger partial charge in [0.25, 0.3) is 5.91 Å². The molecular weight excluding hydrogens is 513 g/mol. The molecule has 0 radical (unpaired) electrons. The van der Waals surface area contributed by atoms with Crippen molar-refractivity contribution in [1.29, 1.82) is 0 Å². The fourth-order valence-corrected chi connectivity index (χ4v) is 5.16. The number of amides is 1. The Labute approximate surface area is 224 Å². The summed E-state index contributed by atoms with van der Waals surface area (Å²) in [6, 6.07) is 17.4. The maximum atomic E-state index is 13.0. The number of carbonyl (C=O) groups is 1. The largest absolute Gasteiger partial charge is 0.416 e. The summed E-state index contributed by atoms with van der Waals surface area (Å²) >= 11 is 6.14. The van der Waals surface area contributed by atoms with Gasteiger partial charge < -0.3 is 10.2 Å². The Balaban J connectivity index is 1.17. The van der Waals surface area contributed by atoms with E-state index in [0.29, 0.717) is 35.4 Å². The predicted octanol–water partition coefficient (Wildman–Crippen LogP) is 6.88. The minimum absolute atomic E-state index is 0.207. The minimum Gasteiger partial charge on any atom is -0.372 e. The van der Waals surface area contributed by atoms with Crippen LogP contribution in [0.25, 0.3) is 5.65 Å². The van der Waals surface area contributed by atoms with Gasteiger partial charge in [-0.3, -0.25) is 9.20 Å². The number of rotatable bonds is 7. The molecule has 1 aliphatic rings. The number of pyridine rings is 1. The summed E-state index contributed by atoms with van der Waals surface area (Å²) in [5.74, 6) is 0.0586. The third kappa shape index (κ3) is 5.23. The van der Waals surface area contributed by atoms with Gasteiger partial charge in [-0.2, -0.15) is 13.2 Å². The molecular formula is C29H28ClF3N4O. The fraction of sp³-hybridized carbons (Fsp3) is 0.310. The van der Waals surface area contributed by atoms with Crippen molar-refractivity contribution in [3.05, 3.63) is 100.0 Å². The highest BCUT2D eigenvalue weighted by Crippen LogP contribution is 2.41. The zero-order chi connectivity index (χ0) is 27.0. The molecule has 38 heavy (non-hydrogen) atoms. The zero-order valence-corrected chi connectivity index (χ0v) is 21.9. The number of benzene rings is 2. The zero-order valence-electron chi connectivity index (χ0n) is 21.1. The topological polar surface area (TPSA) is 49.6 Å². The molecule has 198 valence electrons. The molecule has 0 bridgehead atoms. The molecule has 1 saturated carbocycles. The predicted molar refractivity (Wildman–Crippen MR) is 143 cm³/mol. The molecule has 1 N–H and O–H groups in total. The van der Waals surface area contributed by atoms with Crippen molar-refractivity contribution in [1.82, 2.24) is 14.7 Å². The van der Waals surface area contributed by atoms with Crippen LogP contribution in [0, 0.1) is 0 Å². The quantitative estimate of drug-likeness (QED) is 0.278. The molecule has 2 aromatic heterocycles. The fourth-order valence-electron chi connectivity index (χ4n) is 5.00. The molecule has 4 aromatic rings. The Kier molecular flexibility index (Phi) is 7.09. The number of aryl methyl sites for hydroxylation is 1. The van der Waals surface area contributed by atoms with Crippen molar-refractivity contribution in [3.8, 4) is 0 Å². The average Bonchev–Trinajstić information content (AvgIpc) is 3.24. The van der Waals surface area contributed by atoms with Crippen molar-refractivity contribution >= 4 is 28.8 Å². The summed E-state index contributed by atoms with van der Waals surface area (Å²) in [7, 11) is 2.03. The Morgan fingerprint density at radius 2 is 1.76 bits per heavy atom. The van der Waals surface area contributed by atoms with Gasteiger partial charge in [0.1, 0.15) is 11.3 Å². The smallest absolute Gasteiger partial charge is 0.372 e. The molecule has 1 amide bonds. The van der Waals surface area contributed by atoms with E-state index in [0.717, 1.165) is 47.5 Å². The molecule has 5 rings (SSSR count). The van der Waals surface area contributed by atoms with E-state index in [4.69, 9.17) is 11.6 Å². The number of alkyl halides is 3. The highest BCUT2D eigenvalue weighted by Gasteiger charge is 2.35. The SMILES string of the molecule is CCc1nc2ccc(Cl)cn2c1C(=O)NCc1ccc(N(C)C2CC(c3ccc(C(F)(F)F)cc3)C2)cc1. The lowest BCUT2D eigenvalue weighted by atomic mass is 9.75. The third-order valence-corrected chi connectivity index (χ3v) is 7.60. The number of nitrogens with one attached hydrogen (secondary N) is 1. The molecule has 2 heterocycles. The Bertz CT molecular complexity index is 1440. The van der Waals surface area contributed by atoms with E-state index in [2.05, 4.69) is 15.2 Å². The number of halogens is 4. The molecule has 0 atom stereocenters. The molecule has 0 saturated heterocycles. The second-order valence-corrected chi connectivity index (χ2v) is 10.2. The van der Waals surface area contributed by atoms with Crippen LogP contribution in [-0.2, 0) is 19.1 Å². The molecule has 5 nitrogen and oxygen atoms in total. The van der Waals surface area contributed by atoms with Crippen LogP contribution in [0.5, 0.6) is 0 Å². The molecule has 1 fully saturated rings. The minimum atomic E-state index is -4.31. The summed E-state index contributed by atoms with van der Waals surface area (Å²) in [5, 5.41) is 3.52. The summed E-state index contributed by atoms with van der Waals surface area (Å²) < 4.78 is 40.2. The van der Waals surface area contributed by atoms with Crippen molar-refractivity contribution in [2.45, 2.75) is 50.9 Å². The number of anilines is 1. The number of carbonyl (C=O) groups excluding carboxylic acids is 1. The van der Waals surface area contributed by atoms with Crippen molar-refractivity contribution in [2.24, 2.45) is 0 Å². The first-order valence-corrected chi connectivity index (χ1v) is 13.0. The number of hydrogen-bond donors (Lipinski definition) is 1. The maximum absolute atomic E-state index is 13.0. The van der Waals surface area contributed by atoms with E-state index < -0.39 is 11.7 Å². The Morgan fingerprint density at radius 3 is 2.39 bits per heavy atom. The van der Waals surface area contributed by atoms with Gasteiger partial charge in [0, 0.05) is 31.5 Å². The lowest BCUT2D eigenvalue weighted by Crippen LogP contribution is -2.41. The number of nitrogens with zero attached hydrogens (tertiary/aromatic N) is 3. The highest BCUT2D eigenvalue weighted by atomic mass is 35.5. The van der Waals surface area contributed by atoms with E-state index in [1.807, 2.05) is 38.2 Å². The van der Waals surface area contributed by atoms with Crippen molar-refractivity contribution in [2.75, 3.05) is 11.9 Å². The van der Waals surface area contributed by atoms with Crippen LogP contribution in [-0.4, -0.2) is 28.4 Å². The number of imidazole rings is 1. The highest BCUT2D eigenvalue weighted by molar-refractivity contribution is 6.30. The standard InChI is InChI=1S/C29H28ClF3N4O/c1-3-25-27(37-17-22(30)10-13-26(37)35-25)28(38)34-16-18-4-11-23(12-5-18)36(2)24-14-20(15-24)19-6-8-21(9-7-19)29(31,32)33/h4-13,17,20,24H,3,14-16H2,1-2H3,(H,34,38). The van der Waals surface area contributed by atoms with Crippen LogP contribution in [0.1, 0.15) is 58.6 Å². The normalized spacial score (nSPS) is 17.3. The first kappa shape index (κ1) is 26.1. The Morgan fingerprint density at radius 1 is 1.08 bits per heavy atom. The van der Waals surface area contributed by atoms with Crippen LogP contribution in [0.3, 0.4) is 0 Å². The summed E-state index contributed by atoms with van der Waals surface area (Å²) in [6.45, 7) is 2.34. The van der Waals surface area contributed by atoms with Gasteiger partial charge >= 0.3 is 6.18 Å². The lowest BCUT2D eigenvalue weighted by Gasteiger charge is -2.42. The lowest BCUT2D eigenvalue weighted by molar-refractivity contribution is -0.137. The summed E-state index contributed by atoms with van der Waals surface area (Å²) in [5.41, 5.74) is 4.26. The molecule has 0 spiro atoms. The number of fused-ring (bicyclic) bond motifs is 1. The van der Waals surface area contributed by atoms with E-state index >= 15 is 0 Å². The first-order chi connectivity index (χ1) is 18.1. The van der Waals surface area contributed by atoms with Crippen LogP contribution >= 0.6 is 11.6 Å². The van der Waals surface area contributed by atoms with Crippen LogP contribution in [0.2, 0.25) is 5.02 Å². The van der Waals surface area contributed by atoms with Gasteiger partial charge in [-0.25, -0.2) is 4.98 Å². The van der Waals surface area contributed by atoms with Crippen LogP contribution in [0.15, 0.2) is 66.9 Å². The number of aromatic nitrogens is 2. The van der Waals surface area contributed by atoms with Gasteiger partial charge in [-0.15, -0.1) is 0 Å². The van der Waals surface area contributed by atoms with Gasteiger partial charge in [0.15, 0.2) is 0 Å². The van der Waals surface area contributed by atoms with E-state index in [1.165, 1.54) is 0 Å². The van der Waals surface area contributed by atoms with Gasteiger partial charge in [0.05, 0.1) is 16.3 Å². The monoisotopic (exact) mass is 540 g/mol. The second-order valence-electron chi connectivity index (χ2n) is 9.74. The summed E-state index contributed by atoms with van der Waals surface area (Å²) in [6.07, 6.45) is -0.197. The molecule has 2 aromatic carbocycles. The van der Waals surface area contributed by atoms with Gasteiger partial charge in [-0.1, -0.05) is 42.8 Å². The van der Waals surface area contributed by atoms with E-state index in [1.54, 1.807) is 34.9 Å². The molecule has 9 heteroatoms. The van der Waals surface area contributed by atoms with E-state index in [-0.39, 0.29) is 11.8 Å². The molecule has 1 aliphatic carbocycles. The number of hydrogen-bond acceptors (Lipinski definition) is 3. The maximum Gasteiger partial charge on any atom is 0.416 e. The van der Waals surface area contributed by atoms with Crippen molar-refractivity contribution < 1.29 is 18.0 Å². The van der Waals surface area contributed by atoms with Gasteiger partial charge in [0.2, 0.25) is 0 Å². The summed E-state index contributed by atoms with van der Waals surface area (Å²) in [4.78, 5) is 19.8. The van der Waals surface area contributed by atoms with Crippen molar-refractivity contribution in [3.63, 3.8) is 0 Å². The van der Waals surface area contributed by atoms with E-state index in [9.17, 15) is 18.0 Å². The average molecular weight is 541 g/mol. The molecule has 0 aliphatic heterocycles. The van der Waals surface area contributed by atoms with Crippen LogP contribution in [0.4, 0.5) is 18.9 Å². The van der Waals surface area contributed by atoms with Gasteiger partial charge in [-0.05, 0) is 72.7 Å². The first-order valence-electron chi connectivity index (χ1n) is 12.6. The Hall–Kier alpha value is -3.52. The third-order valence-electron chi connectivity index (χ3n) is 7.37.